The van der Waals surface area contributed by atoms with E-state index in [2.05, 4.69) is 55.6 Å². The molecule has 0 spiro atoms. The second-order valence-electron chi connectivity index (χ2n) is 22.1. The lowest BCUT2D eigenvalue weighted by Crippen LogP contribution is -2.45. The molecule has 0 aromatic carbocycles. The van der Waals surface area contributed by atoms with Gasteiger partial charge in [-0.05, 0) is 89.9 Å². The fraction of sp³-hybridized carbons (Fsp3) is 0.851. The number of nitrogens with one attached hydrogen (secondary N) is 1. The van der Waals surface area contributed by atoms with Gasteiger partial charge in [0.25, 0.3) is 0 Å². The van der Waals surface area contributed by atoms with E-state index in [1.165, 1.54) is 257 Å². The van der Waals surface area contributed by atoms with Crippen LogP contribution in [0, 0.1) is 0 Å². The van der Waals surface area contributed by atoms with Gasteiger partial charge in [-0.25, -0.2) is 0 Å². The molecule has 73 heavy (non-hydrogen) atoms. The van der Waals surface area contributed by atoms with Crippen LogP contribution in [-0.2, 0) is 14.3 Å². The zero-order valence-electron chi connectivity index (χ0n) is 48.9. The first-order valence-electron chi connectivity index (χ1n) is 32.4. The van der Waals surface area contributed by atoms with Crippen molar-refractivity contribution in [2.45, 2.75) is 353 Å². The summed E-state index contributed by atoms with van der Waals surface area (Å²) in [5.41, 5.74) is 0. The van der Waals surface area contributed by atoms with E-state index in [-0.39, 0.29) is 18.5 Å². The van der Waals surface area contributed by atoms with Crippen molar-refractivity contribution in [2.24, 2.45) is 0 Å². The molecular formula is C67H125NO5. The van der Waals surface area contributed by atoms with E-state index in [9.17, 15) is 19.8 Å². The second kappa shape index (κ2) is 62.4. The van der Waals surface area contributed by atoms with Crippen LogP contribution >= 0.6 is 0 Å². The zero-order valence-corrected chi connectivity index (χ0v) is 48.9. The fourth-order valence-electron chi connectivity index (χ4n) is 9.84. The lowest BCUT2D eigenvalue weighted by molar-refractivity contribution is -0.143. The molecule has 0 heterocycles. The highest BCUT2D eigenvalue weighted by Gasteiger charge is 2.18. The van der Waals surface area contributed by atoms with Crippen LogP contribution in [0.2, 0.25) is 0 Å². The lowest BCUT2D eigenvalue weighted by atomic mass is 10.0. The number of aliphatic hydroxyl groups excluding tert-OH is 2. The number of hydrogen-bond donors (Lipinski definition) is 3. The zero-order chi connectivity index (χ0) is 52.9. The molecule has 0 aliphatic rings. The summed E-state index contributed by atoms with van der Waals surface area (Å²) in [5.74, 6) is -0.0770. The monoisotopic (exact) mass is 1020 g/mol. The number of rotatable bonds is 60. The van der Waals surface area contributed by atoms with E-state index in [0.717, 1.165) is 57.8 Å². The Labute approximate surface area is 455 Å². The first-order valence-corrected chi connectivity index (χ1v) is 32.4. The van der Waals surface area contributed by atoms with Crippen LogP contribution in [0.4, 0.5) is 0 Å². The molecule has 0 saturated heterocycles. The largest absolute Gasteiger partial charge is 0.466 e. The van der Waals surface area contributed by atoms with Gasteiger partial charge in [0, 0.05) is 12.8 Å². The van der Waals surface area contributed by atoms with Gasteiger partial charge in [0.05, 0.1) is 25.4 Å². The fourth-order valence-corrected chi connectivity index (χ4v) is 9.84. The molecule has 0 fully saturated rings. The van der Waals surface area contributed by atoms with Crippen molar-refractivity contribution in [1.82, 2.24) is 5.32 Å². The molecular weight excluding hydrogens is 899 g/mol. The summed E-state index contributed by atoms with van der Waals surface area (Å²) in [7, 11) is 0. The maximum absolute atomic E-state index is 12.5. The summed E-state index contributed by atoms with van der Waals surface area (Å²) >= 11 is 0. The molecule has 428 valence electrons. The van der Waals surface area contributed by atoms with Crippen LogP contribution < -0.4 is 5.32 Å². The molecule has 1 amide bonds. The van der Waals surface area contributed by atoms with Crippen LogP contribution in [-0.4, -0.2) is 47.4 Å². The second-order valence-corrected chi connectivity index (χ2v) is 22.1. The third-order valence-electron chi connectivity index (χ3n) is 14.8. The molecule has 0 aliphatic heterocycles. The minimum absolute atomic E-state index is 0.00181. The van der Waals surface area contributed by atoms with Gasteiger partial charge in [-0.15, -0.1) is 0 Å². The Hall–Kier alpha value is -2.18. The van der Waals surface area contributed by atoms with Gasteiger partial charge in [0.15, 0.2) is 0 Å². The lowest BCUT2D eigenvalue weighted by Gasteiger charge is -2.20. The Morgan fingerprint density at radius 1 is 0.384 bits per heavy atom. The van der Waals surface area contributed by atoms with Crippen molar-refractivity contribution in [3.05, 3.63) is 48.6 Å². The standard InChI is InChI=1S/C67H125NO5/c1-3-5-7-9-11-13-15-17-19-21-27-31-35-39-43-47-51-55-59-65(70)64(63-69)68-66(71)60-56-52-48-44-40-36-32-28-25-23-24-26-30-34-38-42-46-50-54-58-62-73-67(72)61-57-53-49-45-41-37-33-29-22-20-18-16-14-12-10-8-6-4-2/h14,16,20,22-23,25,55,59,64-65,69-70H,3-13,15,17-19,21,24,26-54,56-58,60-63H2,1-2H3,(H,68,71)/b16-14-,22-20-,25-23-,59-55+. The normalized spacial score (nSPS) is 12.9. The summed E-state index contributed by atoms with van der Waals surface area (Å²) in [4.78, 5) is 24.6. The summed E-state index contributed by atoms with van der Waals surface area (Å²) in [5, 5.41) is 23.2. The predicted octanol–water partition coefficient (Wildman–Crippen LogP) is 20.5. The number of carbonyl (C=O) groups is 2. The van der Waals surface area contributed by atoms with Gasteiger partial charge in [-0.2, -0.15) is 0 Å². The maximum atomic E-state index is 12.5. The van der Waals surface area contributed by atoms with E-state index < -0.39 is 12.1 Å². The number of carbonyl (C=O) groups excluding carboxylic acids is 2. The molecule has 0 rings (SSSR count). The smallest absolute Gasteiger partial charge is 0.305 e. The summed E-state index contributed by atoms with van der Waals surface area (Å²) < 4.78 is 5.49. The molecule has 0 aliphatic carbocycles. The van der Waals surface area contributed by atoms with Gasteiger partial charge in [0.2, 0.25) is 5.91 Å². The molecule has 0 bridgehead atoms. The number of unbranched alkanes of at least 4 members (excludes halogenated alkanes) is 43. The summed E-state index contributed by atoms with van der Waals surface area (Å²) in [6.45, 7) is 4.89. The number of allylic oxidation sites excluding steroid dienone is 7. The van der Waals surface area contributed by atoms with Gasteiger partial charge >= 0.3 is 5.97 Å². The molecule has 2 unspecified atom stereocenters. The van der Waals surface area contributed by atoms with Gasteiger partial charge in [-0.1, -0.05) is 287 Å². The van der Waals surface area contributed by atoms with Crippen LogP contribution in [0.3, 0.4) is 0 Å². The van der Waals surface area contributed by atoms with Crippen molar-refractivity contribution in [3.63, 3.8) is 0 Å². The number of amides is 1. The van der Waals surface area contributed by atoms with Crippen LogP contribution in [0.5, 0.6) is 0 Å². The average molecular weight is 1020 g/mol. The highest BCUT2D eigenvalue weighted by atomic mass is 16.5. The van der Waals surface area contributed by atoms with E-state index in [0.29, 0.717) is 19.4 Å². The molecule has 6 nitrogen and oxygen atoms in total. The Balaban J connectivity index is 3.46. The first kappa shape index (κ1) is 70.8. The minimum Gasteiger partial charge on any atom is -0.466 e. The third-order valence-corrected chi connectivity index (χ3v) is 14.8. The number of hydrogen-bond acceptors (Lipinski definition) is 5. The molecule has 0 saturated carbocycles. The highest BCUT2D eigenvalue weighted by molar-refractivity contribution is 5.76. The summed E-state index contributed by atoms with van der Waals surface area (Å²) in [6.07, 6.45) is 80.1. The van der Waals surface area contributed by atoms with Crippen LogP contribution in [0.25, 0.3) is 0 Å². The van der Waals surface area contributed by atoms with Crippen molar-refractivity contribution >= 4 is 11.9 Å². The van der Waals surface area contributed by atoms with Crippen molar-refractivity contribution < 1.29 is 24.5 Å². The van der Waals surface area contributed by atoms with Gasteiger partial charge < -0.3 is 20.3 Å². The predicted molar refractivity (Wildman–Crippen MR) is 319 cm³/mol. The Morgan fingerprint density at radius 3 is 1.07 bits per heavy atom. The van der Waals surface area contributed by atoms with Crippen molar-refractivity contribution in [2.75, 3.05) is 13.2 Å². The molecule has 0 aromatic rings. The quantitative estimate of drug-likeness (QED) is 0.0320. The average Bonchev–Trinajstić information content (AvgIpc) is 3.39. The number of aliphatic hydroxyl groups is 2. The molecule has 3 N–H and O–H groups in total. The van der Waals surface area contributed by atoms with Gasteiger partial charge in [0.1, 0.15) is 0 Å². The SMILES string of the molecule is CCCCCC/C=C\C/C=C\CCCCCCCCCC(=O)OCCCCCCCCCCC/C=C\CCCCCCCCCC(=O)NC(CO)C(O)/C=C/CCCCCCCCCCCCCCCCCC. The maximum Gasteiger partial charge on any atom is 0.305 e. The molecule has 0 radical (unpaired) electrons. The topological polar surface area (TPSA) is 95.9 Å². The van der Waals surface area contributed by atoms with E-state index in [1.807, 2.05) is 6.08 Å². The van der Waals surface area contributed by atoms with Crippen LogP contribution in [0.1, 0.15) is 341 Å². The highest BCUT2D eigenvalue weighted by Crippen LogP contribution is 2.17. The van der Waals surface area contributed by atoms with Crippen molar-refractivity contribution in [1.29, 1.82) is 0 Å². The van der Waals surface area contributed by atoms with E-state index in [1.54, 1.807) is 6.08 Å². The Kier molecular flexibility index (Phi) is 60.5. The van der Waals surface area contributed by atoms with Gasteiger partial charge in [-0.3, -0.25) is 9.59 Å². The Bertz CT molecular complexity index is 1230. The molecule has 6 heteroatoms. The molecule has 2 atom stereocenters. The van der Waals surface area contributed by atoms with E-state index in [4.69, 9.17) is 4.74 Å². The van der Waals surface area contributed by atoms with Crippen molar-refractivity contribution in [3.8, 4) is 0 Å². The Morgan fingerprint density at radius 2 is 0.685 bits per heavy atom. The third kappa shape index (κ3) is 58.9. The van der Waals surface area contributed by atoms with Crippen LogP contribution in [0.15, 0.2) is 48.6 Å². The summed E-state index contributed by atoms with van der Waals surface area (Å²) in [6, 6.07) is -0.636. The minimum atomic E-state index is -0.851. The van der Waals surface area contributed by atoms with E-state index >= 15 is 0 Å². The molecule has 0 aromatic heterocycles. The number of esters is 1. The number of ether oxygens (including phenoxy) is 1. The first-order chi connectivity index (χ1) is 36.0.